The van der Waals surface area contributed by atoms with E-state index in [0.717, 1.165) is 0 Å². The van der Waals surface area contributed by atoms with Crippen LogP contribution < -0.4 is 64.8 Å². The first-order chi connectivity index (χ1) is 1.41. The third-order valence-corrected chi connectivity index (χ3v) is 0. The van der Waals surface area contributed by atoms with Crippen molar-refractivity contribution in [1.29, 1.82) is 5.26 Å². The van der Waals surface area contributed by atoms with Crippen molar-refractivity contribution in [1.82, 2.24) is 0 Å². The molecule has 0 atom stereocenters. The quantitative estimate of drug-likeness (QED) is 0.190. The maximum atomic E-state index is 7.10. The summed E-state index contributed by atoms with van der Waals surface area (Å²) in [6, 6.07) is 0. The Morgan fingerprint density at radius 3 is 1.50 bits per heavy atom. The third-order valence-electron chi connectivity index (χ3n) is 0. The van der Waals surface area contributed by atoms with Crippen LogP contribution in [-0.2, 0) is 0 Å². The van der Waals surface area contributed by atoms with Gasteiger partial charge < -0.3 is 14.1 Å². The Bertz CT molecular complexity index is 39.5. The fourth-order valence-corrected chi connectivity index (χ4v) is 0. The van der Waals surface area contributed by atoms with Crippen molar-refractivity contribution in [2.24, 2.45) is 5.73 Å². The zero-order chi connectivity index (χ0) is 2.71. The van der Waals surface area contributed by atoms with E-state index in [1.807, 2.05) is 0 Å². The van der Waals surface area contributed by atoms with Gasteiger partial charge in [-0.05, 0) is 0 Å². The number of nitriles is 1. The van der Waals surface area contributed by atoms with Crippen LogP contribution in [0.15, 0.2) is 0 Å². The summed E-state index contributed by atoms with van der Waals surface area (Å²) in [7, 11) is 0. The van der Waals surface area contributed by atoms with Crippen LogP contribution in [0.4, 0.5) is 0 Å². The van der Waals surface area contributed by atoms with E-state index in [1.165, 1.54) is 6.19 Å². The number of hydrogen-bond donors (Lipinski definition) is 1. The first kappa shape index (κ1) is 26.8. The van der Waals surface area contributed by atoms with E-state index in [0.29, 0.717) is 0 Å². The Balaban J connectivity index is -0.00000000200. The molecule has 3 nitrogen and oxygen atoms in total. The fourth-order valence-electron chi connectivity index (χ4n) is 0. The molecule has 0 aromatic heterocycles. The van der Waals surface area contributed by atoms with Crippen LogP contribution in [-0.4, -0.2) is 5.48 Å². The molecule has 6 heavy (non-hydrogen) atoms. The van der Waals surface area contributed by atoms with Gasteiger partial charge in [0.15, 0.2) is 6.19 Å². The topological polar surface area (TPSA) is 81.3 Å². The molecule has 5 heteroatoms. The van der Waals surface area contributed by atoms with Gasteiger partial charge in [-0.2, -0.15) is 5.26 Å². The summed E-state index contributed by atoms with van der Waals surface area (Å²) in [5.41, 5.74) is 4.15. The fraction of sp³-hybridized carbons (Fsp3) is 0. The molecule has 0 aliphatic heterocycles. The second-order valence-corrected chi connectivity index (χ2v) is 0.129. The van der Waals surface area contributed by atoms with Gasteiger partial charge >= 0.3 is 59.1 Å². The molecule has 0 amide bonds. The molecular formula is CH6N2Na2O. The van der Waals surface area contributed by atoms with Crippen LogP contribution in [0.3, 0.4) is 0 Å². The average Bonchev–Trinajstić information content (AvgIpc) is 0.918. The van der Waals surface area contributed by atoms with Crippen LogP contribution in [0.1, 0.15) is 2.85 Å². The maximum Gasteiger partial charge on any atom is 1.00 e. The number of rotatable bonds is 0. The standard InChI is InChI=1S/CH2N2.2Na.H2O.2H/c2-1-3;;;;;/h2H2;;;1H2;;/q;2*+1;;2*-1. The third kappa shape index (κ3) is 60.7. The summed E-state index contributed by atoms with van der Waals surface area (Å²) in [5, 5.41) is 7.10. The van der Waals surface area contributed by atoms with Crippen LogP contribution in [0.2, 0.25) is 0 Å². The van der Waals surface area contributed by atoms with Gasteiger partial charge in [0.1, 0.15) is 0 Å². The molecule has 28 valence electrons. The predicted octanol–water partition coefficient (Wildman–Crippen LogP) is -7.17. The summed E-state index contributed by atoms with van der Waals surface area (Å²) in [6.07, 6.45) is 1.25. The monoisotopic (exact) mass is 108 g/mol. The Labute approximate surface area is 83.7 Å². The smallest absolute Gasteiger partial charge is 1.00 e. The van der Waals surface area contributed by atoms with E-state index in [4.69, 9.17) is 5.26 Å². The van der Waals surface area contributed by atoms with Gasteiger partial charge in [0.25, 0.3) is 0 Å². The molecule has 4 N–H and O–H groups in total. The van der Waals surface area contributed by atoms with E-state index in [-0.39, 0.29) is 67.4 Å². The predicted molar refractivity (Wildman–Crippen MR) is 15.6 cm³/mol. The van der Waals surface area contributed by atoms with E-state index in [2.05, 4.69) is 5.73 Å². The van der Waals surface area contributed by atoms with Gasteiger partial charge in [0.05, 0.1) is 0 Å². The van der Waals surface area contributed by atoms with Gasteiger partial charge in [0.2, 0.25) is 0 Å². The Morgan fingerprint density at radius 1 is 1.50 bits per heavy atom. The molecule has 0 saturated heterocycles. The van der Waals surface area contributed by atoms with E-state index >= 15 is 0 Å². The van der Waals surface area contributed by atoms with Crippen molar-refractivity contribution in [3.05, 3.63) is 0 Å². The molecule has 0 aliphatic rings. The van der Waals surface area contributed by atoms with Gasteiger partial charge in [-0.1, -0.05) is 0 Å². The molecule has 0 rings (SSSR count). The second-order valence-electron chi connectivity index (χ2n) is 0.129. The van der Waals surface area contributed by atoms with Crippen molar-refractivity contribution < 1.29 is 67.4 Å². The number of hydrogen-bond acceptors (Lipinski definition) is 2. The van der Waals surface area contributed by atoms with E-state index in [1.54, 1.807) is 0 Å². The van der Waals surface area contributed by atoms with Gasteiger partial charge in [0, 0.05) is 0 Å². The Morgan fingerprint density at radius 2 is 1.50 bits per heavy atom. The zero-order valence-corrected chi connectivity index (χ0v) is 8.02. The van der Waals surface area contributed by atoms with E-state index < -0.39 is 0 Å². The normalized spacial score (nSPS) is 1.17. The molecule has 0 bridgehead atoms. The number of nitrogens with two attached hydrogens (primary N) is 1. The van der Waals surface area contributed by atoms with Crippen LogP contribution >= 0.6 is 0 Å². The van der Waals surface area contributed by atoms with E-state index in [9.17, 15) is 0 Å². The summed E-state index contributed by atoms with van der Waals surface area (Å²) in [4.78, 5) is 0. The first-order valence-corrected chi connectivity index (χ1v) is 0.512. The molecule has 0 heterocycles. The Hall–Kier alpha value is 1.25. The van der Waals surface area contributed by atoms with Crippen molar-refractivity contribution in [2.45, 2.75) is 0 Å². The largest absolute Gasteiger partial charge is 1.00 e. The number of nitrogens with zero attached hydrogens (tertiary/aromatic N) is 1. The van der Waals surface area contributed by atoms with Crippen molar-refractivity contribution >= 4 is 0 Å². The van der Waals surface area contributed by atoms with Gasteiger partial charge in [-0.3, -0.25) is 0 Å². The maximum absolute atomic E-state index is 7.10. The first-order valence-electron chi connectivity index (χ1n) is 0.512. The molecule has 0 aromatic carbocycles. The van der Waals surface area contributed by atoms with Gasteiger partial charge in [-0.15, -0.1) is 0 Å². The van der Waals surface area contributed by atoms with Crippen LogP contribution in [0.5, 0.6) is 0 Å². The molecule has 0 saturated carbocycles. The summed E-state index contributed by atoms with van der Waals surface area (Å²) < 4.78 is 0. The minimum absolute atomic E-state index is 0. The summed E-state index contributed by atoms with van der Waals surface area (Å²) in [6.45, 7) is 0. The van der Waals surface area contributed by atoms with Crippen molar-refractivity contribution in [3.8, 4) is 6.19 Å². The SMILES string of the molecule is N#CN.O.[H-].[H-].[Na+].[Na+]. The van der Waals surface area contributed by atoms with Crippen LogP contribution in [0.25, 0.3) is 0 Å². The summed E-state index contributed by atoms with van der Waals surface area (Å²) >= 11 is 0. The van der Waals surface area contributed by atoms with Crippen LogP contribution in [0, 0.1) is 11.5 Å². The molecular weight excluding hydrogens is 102 g/mol. The second kappa shape index (κ2) is 34.0. The minimum atomic E-state index is 0. The molecule has 0 aromatic rings. The molecule has 0 fully saturated rings. The molecule has 0 unspecified atom stereocenters. The molecule has 0 aliphatic carbocycles. The summed E-state index contributed by atoms with van der Waals surface area (Å²) in [5.74, 6) is 0. The zero-order valence-electron chi connectivity index (χ0n) is 6.02. The van der Waals surface area contributed by atoms with Crippen molar-refractivity contribution in [2.75, 3.05) is 0 Å². The average molecular weight is 108 g/mol. The Kier molecular flexibility index (Phi) is 152. The van der Waals surface area contributed by atoms with Crippen molar-refractivity contribution in [3.63, 3.8) is 0 Å². The molecule has 0 radical (unpaired) electrons. The molecule has 0 spiro atoms. The minimum Gasteiger partial charge on any atom is -1.00 e. The van der Waals surface area contributed by atoms with Gasteiger partial charge in [-0.25, -0.2) is 0 Å².